The van der Waals surface area contributed by atoms with Crippen LogP contribution in [0.1, 0.15) is 11.3 Å². The quantitative estimate of drug-likeness (QED) is 0.908. The molecule has 1 heterocycles. The predicted molar refractivity (Wildman–Crippen MR) is 65.6 cm³/mol. The summed E-state index contributed by atoms with van der Waals surface area (Å²) in [7, 11) is 0. The smallest absolute Gasteiger partial charge is 0.0473 e. The fourth-order valence-corrected chi connectivity index (χ4v) is 1.84. The van der Waals surface area contributed by atoms with Crippen molar-refractivity contribution >= 4 is 15.9 Å². The monoisotopic (exact) mass is 264 g/mol. The molecule has 3 heteroatoms. The first-order valence-corrected chi connectivity index (χ1v) is 5.67. The van der Waals surface area contributed by atoms with Crippen molar-refractivity contribution in [1.29, 1.82) is 0 Å². The molecule has 0 aliphatic carbocycles. The highest BCUT2D eigenvalue weighted by molar-refractivity contribution is 9.10. The van der Waals surface area contributed by atoms with Crippen molar-refractivity contribution < 1.29 is 0 Å². The number of nitrogens with zero attached hydrogens (tertiary/aromatic N) is 1. The lowest BCUT2D eigenvalue weighted by molar-refractivity contribution is 0.744. The molecule has 2 nitrogen and oxygen atoms in total. The average Bonchev–Trinajstić information content (AvgIpc) is 2.69. The Morgan fingerprint density at radius 2 is 1.87 bits per heavy atom. The Morgan fingerprint density at radius 3 is 2.53 bits per heavy atom. The van der Waals surface area contributed by atoms with Gasteiger partial charge >= 0.3 is 0 Å². The van der Waals surface area contributed by atoms with Gasteiger partial charge < -0.3 is 10.3 Å². The van der Waals surface area contributed by atoms with Crippen LogP contribution >= 0.6 is 15.9 Å². The average molecular weight is 265 g/mol. The van der Waals surface area contributed by atoms with Crippen LogP contribution in [0.5, 0.6) is 0 Å². The van der Waals surface area contributed by atoms with Gasteiger partial charge in [-0.05, 0) is 29.8 Å². The van der Waals surface area contributed by atoms with Gasteiger partial charge in [-0.1, -0.05) is 28.1 Å². The van der Waals surface area contributed by atoms with E-state index in [1.165, 1.54) is 5.56 Å². The summed E-state index contributed by atoms with van der Waals surface area (Å²) in [5.41, 5.74) is 8.09. The third kappa shape index (κ3) is 2.49. The first kappa shape index (κ1) is 10.5. The molecule has 0 fully saturated rings. The number of hydrogen-bond acceptors (Lipinski definition) is 1. The molecule has 15 heavy (non-hydrogen) atoms. The number of hydrogen-bond donors (Lipinski definition) is 1. The molecule has 0 aliphatic heterocycles. The van der Waals surface area contributed by atoms with Crippen LogP contribution < -0.4 is 5.73 Å². The Hall–Kier alpha value is -1.06. The predicted octanol–water partition coefficient (Wildman–Crippen LogP) is 2.76. The van der Waals surface area contributed by atoms with Crippen molar-refractivity contribution in [2.75, 3.05) is 0 Å². The van der Waals surface area contributed by atoms with Crippen LogP contribution in [0, 0.1) is 0 Å². The summed E-state index contributed by atoms with van der Waals surface area (Å²) in [4.78, 5) is 0. The van der Waals surface area contributed by atoms with Gasteiger partial charge in [0.2, 0.25) is 0 Å². The topological polar surface area (TPSA) is 30.9 Å². The van der Waals surface area contributed by atoms with E-state index < -0.39 is 0 Å². The molecule has 1 aromatic carbocycles. The maximum absolute atomic E-state index is 5.64. The summed E-state index contributed by atoms with van der Waals surface area (Å²) < 4.78 is 3.28. The van der Waals surface area contributed by atoms with Crippen molar-refractivity contribution in [1.82, 2.24) is 4.57 Å². The molecule has 0 radical (unpaired) electrons. The van der Waals surface area contributed by atoms with Gasteiger partial charge in [-0.2, -0.15) is 0 Å². The Morgan fingerprint density at radius 1 is 1.13 bits per heavy atom. The third-order valence-electron chi connectivity index (χ3n) is 2.40. The van der Waals surface area contributed by atoms with Crippen molar-refractivity contribution in [3.05, 3.63) is 58.3 Å². The molecule has 0 bridgehead atoms. The Bertz CT molecular complexity index is 431. The maximum Gasteiger partial charge on any atom is 0.0473 e. The van der Waals surface area contributed by atoms with Crippen LogP contribution in [0.2, 0.25) is 0 Å². The summed E-state index contributed by atoms with van der Waals surface area (Å²) in [6.07, 6.45) is 2.06. The maximum atomic E-state index is 5.64. The minimum absolute atomic E-state index is 0.587. The molecule has 0 unspecified atom stereocenters. The van der Waals surface area contributed by atoms with Gasteiger partial charge in [-0.3, -0.25) is 0 Å². The molecule has 0 amide bonds. The van der Waals surface area contributed by atoms with Crippen molar-refractivity contribution in [2.45, 2.75) is 13.1 Å². The van der Waals surface area contributed by atoms with Crippen molar-refractivity contribution in [3.63, 3.8) is 0 Å². The minimum Gasteiger partial charge on any atom is -0.346 e. The molecule has 1 aromatic heterocycles. The van der Waals surface area contributed by atoms with E-state index in [9.17, 15) is 0 Å². The van der Waals surface area contributed by atoms with Gasteiger partial charge in [0.25, 0.3) is 0 Å². The van der Waals surface area contributed by atoms with E-state index in [2.05, 4.69) is 57.0 Å². The fourth-order valence-electron chi connectivity index (χ4n) is 1.58. The third-order valence-corrected chi connectivity index (χ3v) is 2.93. The van der Waals surface area contributed by atoms with Gasteiger partial charge in [0.05, 0.1) is 0 Å². The number of nitrogens with two attached hydrogens (primary N) is 1. The van der Waals surface area contributed by atoms with E-state index in [4.69, 9.17) is 5.73 Å². The largest absolute Gasteiger partial charge is 0.346 e. The first-order valence-electron chi connectivity index (χ1n) is 4.88. The lowest BCUT2D eigenvalue weighted by Gasteiger charge is -2.07. The summed E-state index contributed by atoms with van der Waals surface area (Å²) in [5, 5.41) is 0. The highest BCUT2D eigenvalue weighted by atomic mass is 79.9. The number of halogens is 1. The molecule has 78 valence electrons. The Balaban J connectivity index is 2.18. The highest BCUT2D eigenvalue weighted by Crippen LogP contribution is 2.12. The zero-order valence-corrected chi connectivity index (χ0v) is 9.94. The Kier molecular flexibility index (Phi) is 3.23. The van der Waals surface area contributed by atoms with Crippen LogP contribution in [0.3, 0.4) is 0 Å². The standard InChI is InChI=1S/C12H13BrN2/c13-11-5-3-10(4-6-11)9-15-7-1-2-12(15)8-14/h1-7H,8-9,14H2. The summed E-state index contributed by atoms with van der Waals surface area (Å²) >= 11 is 3.42. The zero-order chi connectivity index (χ0) is 10.7. The molecule has 2 aromatic rings. The van der Waals surface area contributed by atoms with E-state index >= 15 is 0 Å². The molecule has 0 saturated heterocycles. The lowest BCUT2D eigenvalue weighted by atomic mass is 10.2. The van der Waals surface area contributed by atoms with Gasteiger partial charge in [0.1, 0.15) is 0 Å². The highest BCUT2D eigenvalue weighted by Gasteiger charge is 1.99. The lowest BCUT2D eigenvalue weighted by Crippen LogP contribution is -2.07. The second-order valence-electron chi connectivity index (χ2n) is 3.46. The van der Waals surface area contributed by atoms with E-state index in [1.54, 1.807) is 0 Å². The zero-order valence-electron chi connectivity index (χ0n) is 8.36. The molecule has 0 saturated carbocycles. The summed E-state index contributed by atoms with van der Waals surface area (Å²) in [5.74, 6) is 0. The van der Waals surface area contributed by atoms with Gasteiger partial charge in [0.15, 0.2) is 0 Å². The molecule has 0 spiro atoms. The number of benzene rings is 1. The van der Waals surface area contributed by atoms with Gasteiger partial charge in [0, 0.05) is 29.5 Å². The van der Waals surface area contributed by atoms with E-state index in [0.717, 1.165) is 16.7 Å². The normalized spacial score (nSPS) is 10.5. The second-order valence-corrected chi connectivity index (χ2v) is 4.37. The summed E-state index contributed by atoms with van der Waals surface area (Å²) in [6, 6.07) is 12.4. The fraction of sp³-hybridized carbons (Fsp3) is 0.167. The first-order chi connectivity index (χ1) is 7.29. The Labute approximate surface area is 97.8 Å². The number of rotatable bonds is 3. The van der Waals surface area contributed by atoms with Gasteiger partial charge in [-0.15, -0.1) is 0 Å². The van der Waals surface area contributed by atoms with Crippen LogP contribution in [0.15, 0.2) is 47.1 Å². The molecular formula is C12H13BrN2. The van der Waals surface area contributed by atoms with Crippen LogP contribution in [0.4, 0.5) is 0 Å². The van der Waals surface area contributed by atoms with Crippen LogP contribution in [-0.4, -0.2) is 4.57 Å². The van der Waals surface area contributed by atoms with Crippen LogP contribution in [-0.2, 0) is 13.1 Å². The second kappa shape index (κ2) is 4.64. The molecular weight excluding hydrogens is 252 g/mol. The van der Waals surface area contributed by atoms with E-state index in [0.29, 0.717) is 6.54 Å². The molecule has 2 rings (SSSR count). The minimum atomic E-state index is 0.587. The van der Waals surface area contributed by atoms with Gasteiger partial charge in [-0.25, -0.2) is 0 Å². The van der Waals surface area contributed by atoms with Crippen molar-refractivity contribution in [3.8, 4) is 0 Å². The van der Waals surface area contributed by atoms with E-state index in [-0.39, 0.29) is 0 Å². The molecule has 0 aliphatic rings. The molecule has 2 N–H and O–H groups in total. The van der Waals surface area contributed by atoms with Crippen LogP contribution in [0.25, 0.3) is 0 Å². The van der Waals surface area contributed by atoms with E-state index in [1.807, 2.05) is 6.07 Å². The van der Waals surface area contributed by atoms with Crippen molar-refractivity contribution in [2.24, 2.45) is 5.73 Å². The summed E-state index contributed by atoms with van der Waals surface area (Å²) in [6.45, 7) is 1.47. The molecule has 0 atom stereocenters. The number of aromatic nitrogens is 1. The SMILES string of the molecule is NCc1cccn1Cc1ccc(Br)cc1.